The highest BCUT2D eigenvalue weighted by molar-refractivity contribution is 7.99. The third-order valence-electron chi connectivity index (χ3n) is 3.12. The first-order chi connectivity index (χ1) is 10.0. The molecule has 0 radical (unpaired) electrons. The van der Waals surface area contributed by atoms with Crippen molar-refractivity contribution in [2.75, 3.05) is 6.54 Å². The van der Waals surface area contributed by atoms with Crippen LogP contribution in [0.4, 0.5) is 0 Å². The minimum atomic E-state index is 0.687. The molecule has 2 rings (SSSR count). The molecule has 1 aromatic heterocycles. The number of benzene rings is 1. The van der Waals surface area contributed by atoms with Gasteiger partial charge in [0.2, 0.25) is 0 Å². The second kappa shape index (κ2) is 7.54. The molecule has 0 bridgehead atoms. The fourth-order valence-electron chi connectivity index (χ4n) is 2.06. The van der Waals surface area contributed by atoms with E-state index in [1.54, 1.807) is 17.8 Å². The predicted molar refractivity (Wildman–Crippen MR) is 90.5 cm³/mol. The van der Waals surface area contributed by atoms with Crippen LogP contribution in [0.15, 0.2) is 28.1 Å². The molecule has 0 aliphatic heterocycles. The van der Waals surface area contributed by atoms with Crippen molar-refractivity contribution in [3.63, 3.8) is 0 Å². The Hall–Kier alpha value is -0.680. The van der Waals surface area contributed by atoms with Gasteiger partial charge < -0.3 is 5.32 Å². The van der Waals surface area contributed by atoms with Gasteiger partial charge in [-0.15, -0.1) is 0 Å². The van der Waals surface area contributed by atoms with Crippen LogP contribution in [0.25, 0.3) is 0 Å². The van der Waals surface area contributed by atoms with Crippen LogP contribution in [0.3, 0.4) is 0 Å². The number of halogens is 2. The zero-order valence-corrected chi connectivity index (χ0v) is 14.7. The normalized spacial score (nSPS) is 11.1. The smallest absolute Gasteiger partial charge is 0.103 e. The third-order valence-corrected chi connectivity index (χ3v) is 5.06. The van der Waals surface area contributed by atoms with Gasteiger partial charge in [0.25, 0.3) is 0 Å². The zero-order chi connectivity index (χ0) is 15.4. The van der Waals surface area contributed by atoms with Crippen molar-refractivity contribution < 1.29 is 0 Å². The maximum absolute atomic E-state index is 6.26. The molecular formula is C15H19Cl2N3S. The minimum Gasteiger partial charge on any atom is -0.313 e. The predicted octanol–water partition coefficient (Wildman–Crippen LogP) is 4.69. The topological polar surface area (TPSA) is 29.9 Å². The highest BCUT2D eigenvalue weighted by Gasteiger charge is 2.15. The van der Waals surface area contributed by atoms with Gasteiger partial charge in [-0.25, -0.2) is 0 Å². The Balaban J connectivity index is 2.28. The Morgan fingerprint density at radius 1 is 1.33 bits per heavy atom. The molecule has 114 valence electrons. The van der Waals surface area contributed by atoms with Crippen molar-refractivity contribution >= 4 is 35.0 Å². The van der Waals surface area contributed by atoms with E-state index in [4.69, 9.17) is 23.2 Å². The van der Waals surface area contributed by atoms with E-state index in [0.29, 0.717) is 10.0 Å². The second-order valence-corrected chi connectivity index (χ2v) is 6.72. The average molecular weight is 344 g/mol. The van der Waals surface area contributed by atoms with Crippen LogP contribution >= 0.6 is 35.0 Å². The van der Waals surface area contributed by atoms with E-state index in [1.807, 2.05) is 30.8 Å². The third kappa shape index (κ3) is 4.16. The lowest BCUT2D eigenvalue weighted by Crippen LogP contribution is -2.14. The molecule has 0 atom stereocenters. The van der Waals surface area contributed by atoms with Crippen molar-refractivity contribution in [3.05, 3.63) is 39.5 Å². The average Bonchev–Trinajstić information content (AvgIpc) is 2.70. The number of hydrogen-bond acceptors (Lipinski definition) is 3. The van der Waals surface area contributed by atoms with Gasteiger partial charge in [0.15, 0.2) is 0 Å². The van der Waals surface area contributed by atoms with Crippen molar-refractivity contribution in [1.82, 2.24) is 15.1 Å². The molecule has 21 heavy (non-hydrogen) atoms. The van der Waals surface area contributed by atoms with Crippen molar-refractivity contribution in [3.8, 4) is 0 Å². The van der Waals surface area contributed by atoms with Crippen LogP contribution in [-0.4, -0.2) is 16.3 Å². The maximum Gasteiger partial charge on any atom is 0.103 e. The standard InChI is InChI=1S/C15H19Cl2N3S/c1-4-7-18-9-12-10(2)19-20(3)15(12)21-14-8-11(16)5-6-13(14)17/h5-6,8,18H,4,7,9H2,1-3H3. The van der Waals surface area contributed by atoms with Crippen LogP contribution in [0.1, 0.15) is 24.6 Å². The lowest BCUT2D eigenvalue weighted by molar-refractivity contribution is 0.653. The molecule has 0 aliphatic carbocycles. The van der Waals surface area contributed by atoms with E-state index in [1.165, 1.54) is 5.56 Å². The summed E-state index contributed by atoms with van der Waals surface area (Å²) in [5.74, 6) is 0. The molecule has 0 spiro atoms. The highest BCUT2D eigenvalue weighted by atomic mass is 35.5. The van der Waals surface area contributed by atoms with E-state index >= 15 is 0 Å². The van der Waals surface area contributed by atoms with Crippen LogP contribution in [0.2, 0.25) is 10.0 Å². The fourth-order valence-corrected chi connectivity index (χ4v) is 3.61. The van der Waals surface area contributed by atoms with Gasteiger partial charge in [-0.1, -0.05) is 41.9 Å². The molecule has 0 saturated carbocycles. The summed E-state index contributed by atoms with van der Waals surface area (Å²) in [6, 6.07) is 5.51. The maximum atomic E-state index is 6.26. The van der Waals surface area contributed by atoms with Crippen LogP contribution < -0.4 is 5.32 Å². The molecule has 1 N–H and O–H groups in total. The van der Waals surface area contributed by atoms with E-state index in [-0.39, 0.29) is 0 Å². The lowest BCUT2D eigenvalue weighted by atomic mass is 10.2. The number of nitrogens with one attached hydrogen (secondary N) is 1. The molecule has 3 nitrogen and oxygen atoms in total. The van der Waals surface area contributed by atoms with Crippen LogP contribution in [0, 0.1) is 6.92 Å². The summed E-state index contributed by atoms with van der Waals surface area (Å²) in [7, 11) is 1.96. The first-order valence-electron chi connectivity index (χ1n) is 6.89. The highest BCUT2D eigenvalue weighted by Crippen LogP contribution is 2.37. The molecule has 1 heterocycles. The van der Waals surface area contributed by atoms with E-state index in [0.717, 1.165) is 35.1 Å². The Bertz CT molecular complexity index is 626. The number of aromatic nitrogens is 2. The van der Waals surface area contributed by atoms with Crippen molar-refractivity contribution in [2.24, 2.45) is 7.05 Å². The van der Waals surface area contributed by atoms with Gasteiger partial charge in [0.1, 0.15) is 5.03 Å². The second-order valence-electron chi connectivity index (χ2n) is 4.85. The van der Waals surface area contributed by atoms with Gasteiger partial charge in [-0.2, -0.15) is 5.10 Å². The number of nitrogens with zero attached hydrogens (tertiary/aromatic N) is 2. The van der Waals surface area contributed by atoms with Gasteiger partial charge in [-0.3, -0.25) is 4.68 Å². The molecule has 1 aromatic carbocycles. The number of rotatable bonds is 6. The molecule has 0 unspecified atom stereocenters. The molecule has 2 aromatic rings. The molecule has 0 saturated heterocycles. The first kappa shape index (κ1) is 16.7. The summed E-state index contributed by atoms with van der Waals surface area (Å²) < 4.78 is 1.90. The number of hydrogen-bond donors (Lipinski definition) is 1. The van der Waals surface area contributed by atoms with E-state index in [2.05, 4.69) is 17.3 Å². The summed E-state index contributed by atoms with van der Waals surface area (Å²) >= 11 is 13.9. The lowest BCUT2D eigenvalue weighted by Gasteiger charge is -2.09. The van der Waals surface area contributed by atoms with Gasteiger partial charge in [0, 0.05) is 29.1 Å². The largest absolute Gasteiger partial charge is 0.313 e. The van der Waals surface area contributed by atoms with Gasteiger partial charge in [-0.05, 0) is 38.1 Å². The Morgan fingerprint density at radius 2 is 2.10 bits per heavy atom. The summed E-state index contributed by atoms with van der Waals surface area (Å²) in [6.07, 6.45) is 1.11. The van der Waals surface area contributed by atoms with Gasteiger partial charge >= 0.3 is 0 Å². The quantitative estimate of drug-likeness (QED) is 0.771. The summed E-state index contributed by atoms with van der Waals surface area (Å²) in [5.41, 5.74) is 2.26. The monoisotopic (exact) mass is 343 g/mol. The summed E-state index contributed by atoms with van der Waals surface area (Å²) in [5, 5.41) is 10.4. The Kier molecular flexibility index (Phi) is 5.99. The van der Waals surface area contributed by atoms with Crippen LogP contribution in [0.5, 0.6) is 0 Å². The summed E-state index contributed by atoms with van der Waals surface area (Å²) in [6.45, 7) is 6.00. The van der Waals surface area contributed by atoms with E-state index in [9.17, 15) is 0 Å². The SMILES string of the molecule is CCCNCc1c(C)nn(C)c1Sc1cc(Cl)ccc1Cl. The molecule has 0 amide bonds. The number of aryl methyl sites for hydroxylation is 2. The first-order valence-corrected chi connectivity index (χ1v) is 8.46. The minimum absolute atomic E-state index is 0.687. The fraction of sp³-hybridized carbons (Fsp3) is 0.400. The van der Waals surface area contributed by atoms with Crippen molar-refractivity contribution in [2.45, 2.75) is 36.7 Å². The van der Waals surface area contributed by atoms with Crippen molar-refractivity contribution in [1.29, 1.82) is 0 Å². The Labute approximate surface area is 140 Å². The Morgan fingerprint density at radius 3 is 2.81 bits per heavy atom. The van der Waals surface area contributed by atoms with Gasteiger partial charge in [0.05, 0.1) is 10.7 Å². The van der Waals surface area contributed by atoms with E-state index < -0.39 is 0 Å². The molecular weight excluding hydrogens is 325 g/mol. The summed E-state index contributed by atoms with van der Waals surface area (Å²) in [4.78, 5) is 0.948. The molecule has 0 aliphatic rings. The zero-order valence-electron chi connectivity index (χ0n) is 12.4. The van der Waals surface area contributed by atoms with Crippen LogP contribution in [-0.2, 0) is 13.6 Å². The molecule has 6 heteroatoms. The molecule has 0 fully saturated rings.